The molecule has 2 rings (SSSR count). The molecule has 0 radical (unpaired) electrons. The fraction of sp³-hybridized carbons (Fsp3) is 0.538. The average molecular weight is 247 g/mol. The summed E-state index contributed by atoms with van der Waals surface area (Å²) < 4.78 is 3.82. The zero-order chi connectivity index (χ0) is 13.0. The lowest BCUT2D eigenvalue weighted by Crippen LogP contribution is -2.16. The molecule has 0 spiro atoms. The van der Waals surface area contributed by atoms with Gasteiger partial charge >= 0.3 is 0 Å². The van der Waals surface area contributed by atoms with E-state index in [2.05, 4.69) is 41.6 Å². The van der Waals surface area contributed by atoms with Crippen LogP contribution in [0.2, 0.25) is 0 Å². The van der Waals surface area contributed by atoms with Crippen LogP contribution in [0.4, 0.5) is 0 Å². The Morgan fingerprint density at radius 3 is 2.83 bits per heavy atom. The van der Waals surface area contributed by atoms with Gasteiger partial charge in [-0.3, -0.25) is 9.36 Å². The topological polar surface area (TPSA) is 47.7 Å². The summed E-state index contributed by atoms with van der Waals surface area (Å²) in [5.41, 5.74) is 2.35. The van der Waals surface area contributed by atoms with Gasteiger partial charge in [0.15, 0.2) is 0 Å². The highest BCUT2D eigenvalue weighted by Crippen LogP contribution is 2.04. The summed E-state index contributed by atoms with van der Waals surface area (Å²) in [6, 6.07) is 2.48. The van der Waals surface area contributed by atoms with Gasteiger partial charge < -0.3 is 5.32 Å². The second-order valence-electron chi connectivity index (χ2n) is 4.83. The van der Waals surface area contributed by atoms with E-state index in [0.717, 1.165) is 25.2 Å². The maximum atomic E-state index is 4.34. The molecule has 0 aliphatic heterocycles. The third kappa shape index (κ3) is 3.43. The summed E-state index contributed by atoms with van der Waals surface area (Å²) >= 11 is 0. The van der Waals surface area contributed by atoms with E-state index in [0.29, 0.717) is 6.04 Å². The van der Waals surface area contributed by atoms with Crippen molar-refractivity contribution in [1.29, 1.82) is 0 Å². The van der Waals surface area contributed by atoms with Crippen molar-refractivity contribution < 1.29 is 0 Å². The molecule has 2 heterocycles. The fourth-order valence-corrected chi connectivity index (χ4v) is 1.80. The molecule has 0 saturated carbocycles. The quantitative estimate of drug-likeness (QED) is 0.788. The van der Waals surface area contributed by atoms with E-state index in [-0.39, 0.29) is 0 Å². The predicted octanol–water partition coefficient (Wildman–Crippen LogP) is 1.53. The van der Waals surface area contributed by atoms with Crippen LogP contribution in [0.1, 0.15) is 31.1 Å². The van der Waals surface area contributed by atoms with Gasteiger partial charge in [-0.2, -0.15) is 10.2 Å². The van der Waals surface area contributed by atoms with Crippen molar-refractivity contribution in [3.8, 4) is 0 Å². The summed E-state index contributed by atoms with van der Waals surface area (Å²) in [5.74, 6) is 0. The van der Waals surface area contributed by atoms with Crippen LogP contribution in [-0.4, -0.2) is 26.1 Å². The Morgan fingerprint density at radius 2 is 2.22 bits per heavy atom. The first kappa shape index (κ1) is 12.8. The van der Waals surface area contributed by atoms with Gasteiger partial charge in [0.1, 0.15) is 0 Å². The molecular weight excluding hydrogens is 226 g/mol. The molecule has 0 atom stereocenters. The SMILES string of the molecule is CC(C)n1cc(CNCCc2ccn(C)n2)cn1. The van der Waals surface area contributed by atoms with Crippen LogP contribution < -0.4 is 5.32 Å². The summed E-state index contributed by atoms with van der Waals surface area (Å²) in [6.07, 6.45) is 6.95. The molecule has 18 heavy (non-hydrogen) atoms. The van der Waals surface area contributed by atoms with E-state index in [9.17, 15) is 0 Å². The van der Waals surface area contributed by atoms with Crippen molar-refractivity contribution >= 4 is 0 Å². The molecule has 0 aromatic carbocycles. The Balaban J connectivity index is 1.71. The van der Waals surface area contributed by atoms with E-state index in [4.69, 9.17) is 0 Å². The molecular formula is C13H21N5. The first-order chi connectivity index (χ1) is 8.65. The predicted molar refractivity (Wildman–Crippen MR) is 71.2 cm³/mol. The molecule has 0 aliphatic rings. The monoisotopic (exact) mass is 247 g/mol. The molecule has 0 bridgehead atoms. The van der Waals surface area contributed by atoms with Crippen LogP contribution >= 0.6 is 0 Å². The zero-order valence-electron chi connectivity index (χ0n) is 11.3. The Morgan fingerprint density at radius 1 is 1.39 bits per heavy atom. The smallest absolute Gasteiger partial charge is 0.0637 e. The normalized spacial score (nSPS) is 11.3. The number of aryl methyl sites for hydroxylation is 1. The molecule has 0 unspecified atom stereocenters. The number of nitrogens with zero attached hydrogens (tertiary/aromatic N) is 4. The minimum absolute atomic E-state index is 0.423. The highest BCUT2D eigenvalue weighted by atomic mass is 15.3. The van der Waals surface area contributed by atoms with E-state index >= 15 is 0 Å². The van der Waals surface area contributed by atoms with Gasteiger partial charge in [0.25, 0.3) is 0 Å². The van der Waals surface area contributed by atoms with Crippen molar-refractivity contribution in [2.75, 3.05) is 6.54 Å². The van der Waals surface area contributed by atoms with Crippen molar-refractivity contribution in [3.63, 3.8) is 0 Å². The largest absolute Gasteiger partial charge is 0.312 e. The van der Waals surface area contributed by atoms with Crippen molar-refractivity contribution in [1.82, 2.24) is 24.9 Å². The van der Waals surface area contributed by atoms with Gasteiger partial charge in [0.05, 0.1) is 11.9 Å². The van der Waals surface area contributed by atoms with Crippen LogP contribution in [0.3, 0.4) is 0 Å². The summed E-state index contributed by atoms with van der Waals surface area (Å²) in [4.78, 5) is 0. The Bertz CT molecular complexity index is 483. The number of hydrogen-bond acceptors (Lipinski definition) is 3. The summed E-state index contributed by atoms with van der Waals surface area (Å²) in [5, 5.41) is 12.1. The van der Waals surface area contributed by atoms with Crippen molar-refractivity contribution in [2.45, 2.75) is 32.9 Å². The second kappa shape index (κ2) is 5.82. The molecule has 0 aliphatic carbocycles. The number of aromatic nitrogens is 4. The minimum atomic E-state index is 0.423. The van der Waals surface area contributed by atoms with Crippen LogP contribution in [0.25, 0.3) is 0 Å². The molecule has 1 N–H and O–H groups in total. The third-order valence-electron chi connectivity index (χ3n) is 2.84. The minimum Gasteiger partial charge on any atom is -0.312 e. The van der Waals surface area contributed by atoms with Gasteiger partial charge in [0.2, 0.25) is 0 Å². The highest BCUT2D eigenvalue weighted by Gasteiger charge is 2.01. The Kier molecular flexibility index (Phi) is 4.15. The lowest BCUT2D eigenvalue weighted by atomic mass is 10.3. The van der Waals surface area contributed by atoms with Crippen LogP contribution in [0, 0.1) is 0 Å². The molecule has 2 aromatic heterocycles. The fourth-order valence-electron chi connectivity index (χ4n) is 1.80. The first-order valence-corrected chi connectivity index (χ1v) is 6.37. The summed E-state index contributed by atoms with van der Waals surface area (Å²) in [7, 11) is 1.94. The van der Waals surface area contributed by atoms with Crippen molar-refractivity contribution in [2.24, 2.45) is 7.05 Å². The van der Waals surface area contributed by atoms with Gasteiger partial charge in [-0.15, -0.1) is 0 Å². The zero-order valence-corrected chi connectivity index (χ0v) is 11.3. The van der Waals surface area contributed by atoms with Gasteiger partial charge in [-0.05, 0) is 19.9 Å². The molecule has 0 amide bonds. The maximum absolute atomic E-state index is 4.34. The van der Waals surface area contributed by atoms with E-state index in [1.54, 1.807) is 0 Å². The lowest BCUT2D eigenvalue weighted by molar-refractivity contribution is 0.531. The van der Waals surface area contributed by atoms with Crippen molar-refractivity contribution in [3.05, 3.63) is 35.9 Å². The molecule has 0 fully saturated rings. The van der Waals surface area contributed by atoms with E-state index in [1.165, 1.54) is 5.56 Å². The third-order valence-corrected chi connectivity index (χ3v) is 2.84. The number of rotatable bonds is 6. The standard InChI is InChI=1S/C13H21N5/c1-11(2)18-10-12(9-15-18)8-14-6-4-13-5-7-17(3)16-13/h5,7,9-11,14H,4,6,8H2,1-3H3. The number of hydrogen-bond donors (Lipinski definition) is 1. The van der Waals surface area contributed by atoms with E-state index in [1.807, 2.05) is 28.8 Å². The highest BCUT2D eigenvalue weighted by molar-refractivity contribution is 5.04. The first-order valence-electron chi connectivity index (χ1n) is 6.37. The van der Waals surface area contributed by atoms with Crippen LogP contribution in [0.15, 0.2) is 24.7 Å². The van der Waals surface area contributed by atoms with Gasteiger partial charge in [-0.25, -0.2) is 0 Å². The molecule has 2 aromatic rings. The average Bonchev–Trinajstić information content (AvgIpc) is 2.93. The van der Waals surface area contributed by atoms with Gasteiger partial charge in [-0.1, -0.05) is 0 Å². The molecule has 5 heteroatoms. The summed E-state index contributed by atoms with van der Waals surface area (Å²) in [6.45, 7) is 6.06. The Labute approximate surface area is 108 Å². The second-order valence-corrected chi connectivity index (χ2v) is 4.83. The molecule has 0 saturated heterocycles. The van der Waals surface area contributed by atoms with Crippen LogP contribution in [0.5, 0.6) is 0 Å². The molecule has 5 nitrogen and oxygen atoms in total. The lowest BCUT2D eigenvalue weighted by Gasteiger charge is -2.03. The number of nitrogens with one attached hydrogen (secondary N) is 1. The van der Waals surface area contributed by atoms with Crippen LogP contribution in [-0.2, 0) is 20.0 Å². The van der Waals surface area contributed by atoms with E-state index < -0.39 is 0 Å². The Hall–Kier alpha value is -1.62. The maximum Gasteiger partial charge on any atom is 0.0637 e. The molecule has 98 valence electrons. The van der Waals surface area contributed by atoms with Gasteiger partial charge in [0, 0.05) is 50.6 Å².